The molecule has 0 saturated carbocycles. The molecule has 1 aromatic heterocycles. The summed E-state index contributed by atoms with van der Waals surface area (Å²) in [5.41, 5.74) is 0. The van der Waals surface area contributed by atoms with E-state index in [0.29, 0.717) is 0 Å². The average Bonchev–Trinajstić information content (AvgIpc) is 2.11. The van der Waals surface area contributed by atoms with Crippen LogP contribution in [0.25, 0.3) is 0 Å². The first-order chi connectivity index (χ1) is 4.23. The first kappa shape index (κ1) is 8.29. The van der Waals surface area contributed by atoms with Gasteiger partial charge in [0.05, 0.1) is 12.4 Å². The van der Waals surface area contributed by atoms with Gasteiger partial charge in [0.15, 0.2) is 0 Å². The third kappa shape index (κ3) is 11.1. The molecule has 0 spiro atoms. The van der Waals surface area contributed by atoms with Crippen LogP contribution in [0.2, 0.25) is 0 Å². The van der Waals surface area contributed by atoms with Crippen LogP contribution in [0.5, 0.6) is 0 Å². The first-order valence-corrected chi connectivity index (χ1v) is 4.25. The fourth-order valence-corrected chi connectivity index (χ4v) is 0.167. The van der Waals surface area contributed by atoms with Crippen molar-refractivity contribution in [1.29, 1.82) is 0 Å². The van der Waals surface area contributed by atoms with Gasteiger partial charge in [-0.25, -0.2) is 0 Å². The molecule has 0 aliphatic rings. The van der Waals surface area contributed by atoms with Crippen molar-refractivity contribution in [3.63, 3.8) is 0 Å². The number of aromatic nitrogens is 3. The highest BCUT2D eigenvalue weighted by atomic mass is 32.2. The van der Waals surface area contributed by atoms with Gasteiger partial charge in [-0.1, -0.05) is 0 Å². The van der Waals surface area contributed by atoms with E-state index in [0.717, 1.165) is 0 Å². The van der Waals surface area contributed by atoms with Gasteiger partial charge in [0, 0.05) is 23.3 Å². The molecule has 0 bridgehead atoms. The number of nitrogens with one attached hydrogen (secondary N) is 1. The maximum atomic E-state index is 9.56. The number of nitrogens with zero attached hydrogens (tertiary/aromatic N) is 2. The number of aromatic amines is 1. The molecular formula is C4H9N3OS. The quantitative estimate of drug-likeness (QED) is 0.553. The van der Waals surface area contributed by atoms with E-state index in [2.05, 4.69) is 15.4 Å². The summed E-state index contributed by atoms with van der Waals surface area (Å²) in [5.74, 6) is 0. The molecule has 0 aliphatic carbocycles. The second-order valence-electron chi connectivity index (χ2n) is 1.40. The Hall–Kier alpha value is -0.710. The van der Waals surface area contributed by atoms with E-state index >= 15 is 0 Å². The second kappa shape index (κ2) is 5.43. The first-order valence-electron chi connectivity index (χ1n) is 2.28. The predicted octanol–water partition coefficient (Wildman–Crippen LogP) is -0.201. The minimum Gasteiger partial charge on any atom is -0.260 e. The minimum atomic E-state index is -0.611. The zero-order chi connectivity index (χ0) is 7.11. The fourth-order valence-electron chi connectivity index (χ4n) is 0.167. The molecule has 1 heterocycles. The molecule has 0 saturated heterocycles. The molecule has 0 fully saturated rings. The van der Waals surface area contributed by atoms with Crippen molar-refractivity contribution in [3.8, 4) is 0 Å². The van der Waals surface area contributed by atoms with Crippen molar-refractivity contribution in [3.05, 3.63) is 12.4 Å². The molecule has 0 atom stereocenters. The zero-order valence-electron chi connectivity index (χ0n) is 5.37. The highest BCUT2D eigenvalue weighted by Crippen LogP contribution is 1.55. The smallest absolute Gasteiger partial charge is 0.0690 e. The molecule has 52 valence electrons. The van der Waals surface area contributed by atoms with Crippen LogP contribution in [0.1, 0.15) is 0 Å². The molecule has 9 heavy (non-hydrogen) atoms. The van der Waals surface area contributed by atoms with Gasteiger partial charge in [0.25, 0.3) is 0 Å². The van der Waals surface area contributed by atoms with E-state index in [1.165, 1.54) is 0 Å². The maximum Gasteiger partial charge on any atom is 0.0690 e. The number of hydrogen-bond acceptors (Lipinski definition) is 3. The van der Waals surface area contributed by atoms with Crippen LogP contribution in [0.15, 0.2) is 12.4 Å². The normalized spacial score (nSPS) is 8.33. The zero-order valence-corrected chi connectivity index (χ0v) is 6.18. The highest BCUT2D eigenvalue weighted by Gasteiger charge is 1.57. The average molecular weight is 147 g/mol. The minimum absolute atomic E-state index is 0.611. The van der Waals surface area contributed by atoms with E-state index in [1.54, 1.807) is 24.9 Å². The lowest BCUT2D eigenvalue weighted by Gasteiger charge is -1.60. The standard InChI is InChI=1S/C2H3N3.C2H6OS/c1-2-4-5-3-1;1-4(2)3/h1-2H,(H,3,4,5);1-2H3. The monoisotopic (exact) mass is 147 g/mol. The Kier molecular flexibility index (Phi) is 5.00. The Morgan fingerprint density at radius 3 is 1.78 bits per heavy atom. The summed E-state index contributed by atoms with van der Waals surface area (Å²) in [5, 5.41) is 9.33. The van der Waals surface area contributed by atoms with Crippen LogP contribution >= 0.6 is 0 Å². The Balaban J connectivity index is 0.000000148. The molecule has 1 N–H and O–H groups in total. The molecule has 5 heteroatoms. The summed E-state index contributed by atoms with van der Waals surface area (Å²) in [6.45, 7) is 0. The van der Waals surface area contributed by atoms with Crippen molar-refractivity contribution in [2.24, 2.45) is 0 Å². The summed E-state index contributed by atoms with van der Waals surface area (Å²) >= 11 is 0. The summed E-state index contributed by atoms with van der Waals surface area (Å²) in [6, 6.07) is 0. The van der Waals surface area contributed by atoms with E-state index in [4.69, 9.17) is 0 Å². The maximum absolute atomic E-state index is 9.56. The van der Waals surface area contributed by atoms with Crippen molar-refractivity contribution >= 4 is 10.8 Å². The lowest BCUT2D eigenvalue weighted by Crippen LogP contribution is -1.70. The Morgan fingerprint density at radius 1 is 1.33 bits per heavy atom. The Morgan fingerprint density at radius 2 is 1.67 bits per heavy atom. The van der Waals surface area contributed by atoms with Gasteiger partial charge in [-0.3, -0.25) is 4.21 Å². The van der Waals surface area contributed by atoms with E-state index < -0.39 is 10.8 Å². The molecule has 0 unspecified atom stereocenters. The van der Waals surface area contributed by atoms with Crippen LogP contribution in [-0.4, -0.2) is 32.1 Å². The van der Waals surface area contributed by atoms with Gasteiger partial charge in [0.2, 0.25) is 0 Å². The van der Waals surface area contributed by atoms with Crippen LogP contribution in [0, 0.1) is 0 Å². The molecule has 0 radical (unpaired) electrons. The van der Waals surface area contributed by atoms with Gasteiger partial charge in [-0.15, -0.1) is 0 Å². The van der Waals surface area contributed by atoms with Crippen molar-refractivity contribution in [2.45, 2.75) is 0 Å². The fraction of sp³-hybridized carbons (Fsp3) is 0.500. The third-order valence-corrected chi connectivity index (χ3v) is 0.331. The summed E-state index contributed by atoms with van der Waals surface area (Å²) in [6.07, 6.45) is 6.44. The van der Waals surface area contributed by atoms with Gasteiger partial charge >= 0.3 is 0 Å². The second-order valence-corrected chi connectivity index (χ2v) is 2.88. The van der Waals surface area contributed by atoms with Crippen molar-refractivity contribution in [2.75, 3.05) is 12.5 Å². The molecule has 0 aromatic carbocycles. The van der Waals surface area contributed by atoms with Crippen LogP contribution in [0.4, 0.5) is 0 Å². The highest BCUT2D eigenvalue weighted by molar-refractivity contribution is 7.83. The van der Waals surface area contributed by atoms with Gasteiger partial charge in [-0.05, 0) is 0 Å². The van der Waals surface area contributed by atoms with Crippen LogP contribution in [-0.2, 0) is 10.8 Å². The SMILES string of the molecule is CS(C)=O.c1cn[nH]n1. The van der Waals surface area contributed by atoms with Gasteiger partial charge in [0.1, 0.15) is 0 Å². The Labute approximate surface area is 56.1 Å². The summed E-state index contributed by atoms with van der Waals surface area (Å²) in [4.78, 5) is 0. The number of H-pyrrole nitrogens is 1. The lowest BCUT2D eigenvalue weighted by molar-refractivity contribution is 0.690. The van der Waals surface area contributed by atoms with Gasteiger partial charge in [-0.2, -0.15) is 15.4 Å². The summed E-state index contributed by atoms with van der Waals surface area (Å²) in [7, 11) is -0.611. The molecular weight excluding hydrogens is 138 g/mol. The lowest BCUT2D eigenvalue weighted by atomic mass is 11.0. The van der Waals surface area contributed by atoms with E-state index in [1.807, 2.05) is 0 Å². The number of rotatable bonds is 0. The number of hydrogen-bond donors (Lipinski definition) is 1. The molecule has 1 aromatic rings. The molecule has 0 aliphatic heterocycles. The molecule has 4 nitrogen and oxygen atoms in total. The third-order valence-electron chi connectivity index (χ3n) is 0.331. The van der Waals surface area contributed by atoms with Gasteiger partial charge < -0.3 is 0 Å². The topological polar surface area (TPSA) is 58.6 Å². The van der Waals surface area contributed by atoms with Crippen molar-refractivity contribution < 1.29 is 4.21 Å². The largest absolute Gasteiger partial charge is 0.260 e. The molecule has 0 amide bonds. The van der Waals surface area contributed by atoms with Crippen LogP contribution in [0.3, 0.4) is 0 Å². The van der Waals surface area contributed by atoms with Crippen LogP contribution < -0.4 is 0 Å². The van der Waals surface area contributed by atoms with Crippen molar-refractivity contribution in [1.82, 2.24) is 15.4 Å². The molecule has 1 rings (SSSR count). The predicted molar refractivity (Wildman–Crippen MR) is 36.4 cm³/mol. The van der Waals surface area contributed by atoms with E-state index in [9.17, 15) is 4.21 Å². The summed E-state index contributed by atoms with van der Waals surface area (Å²) < 4.78 is 9.56. The van der Waals surface area contributed by atoms with E-state index in [-0.39, 0.29) is 0 Å². The Bertz CT molecular complexity index is 130.